The van der Waals surface area contributed by atoms with Gasteiger partial charge in [-0.1, -0.05) is 0 Å². The molecule has 2 rings (SSSR count). The summed E-state index contributed by atoms with van der Waals surface area (Å²) in [4.78, 5) is 23.2. The minimum absolute atomic E-state index is 0.0891. The molecule has 2 amide bonds. The van der Waals surface area contributed by atoms with Crippen LogP contribution in [0.5, 0.6) is 11.5 Å². The van der Waals surface area contributed by atoms with Crippen molar-refractivity contribution >= 4 is 27.5 Å². The predicted molar refractivity (Wildman–Crippen MR) is 94.9 cm³/mol. The van der Waals surface area contributed by atoms with E-state index in [1.165, 1.54) is 38.5 Å². The Hall–Kier alpha value is -3.07. The highest BCUT2D eigenvalue weighted by Gasteiger charge is 2.16. The molecule has 0 aliphatic heterocycles. The highest BCUT2D eigenvalue weighted by atomic mass is 32.2. The summed E-state index contributed by atoms with van der Waals surface area (Å²) < 4.78 is 35.9. The summed E-state index contributed by atoms with van der Waals surface area (Å²) in [6, 6.07) is 10.1. The Morgan fingerprint density at radius 3 is 1.92 bits per heavy atom. The van der Waals surface area contributed by atoms with Crippen molar-refractivity contribution in [3.05, 3.63) is 48.0 Å². The molecule has 2 aromatic rings. The Balaban J connectivity index is 2.19. The van der Waals surface area contributed by atoms with Crippen molar-refractivity contribution in [3.8, 4) is 11.5 Å². The summed E-state index contributed by atoms with van der Waals surface area (Å²) in [5.41, 5.74) is 0.703. The Labute approximate surface area is 151 Å². The van der Waals surface area contributed by atoms with Crippen LogP contribution in [0.4, 0.5) is 5.69 Å². The lowest BCUT2D eigenvalue weighted by atomic mass is 10.2. The summed E-state index contributed by atoms with van der Waals surface area (Å²) in [6.07, 6.45) is 0. The number of sulfonamides is 1. The first-order valence-electron chi connectivity index (χ1n) is 7.43. The summed E-state index contributed by atoms with van der Waals surface area (Å²) in [6.45, 7) is 1.11. The molecule has 0 bridgehead atoms. The molecule has 0 aromatic heterocycles. The molecule has 0 heterocycles. The van der Waals surface area contributed by atoms with Gasteiger partial charge in [-0.15, -0.1) is 0 Å². The third kappa shape index (κ3) is 4.73. The van der Waals surface area contributed by atoms with Gasteiger partial charge in [0, 0.05) is 24.2 Å². The van der Waals surface area contributed by atoms with E-state index in [4.69, 9.17) is 9.47 Å². The third-order valence-electron chi connectivity index (χ3n) is 3.31. The molecule has 0 radical (unpaired) electrons. The van der Waals surface area contributed by atoms with Crippen LogP contribution in [0.2, 0.25) is 0 Å². The third-order valence-corrected chi connectivity index (χ3v) is 4.76. The first kappa shape index (κ1) is 19.3. The molecule has 0 atom stereocenters. The number of ether oxygens (including phenoxy) is 2. The Bertz CT molecular complexity index is 901. The van der Waals surface area contributed by atoms with Gasteiger partial charge in [0.25, 0.3) is 15.9 Å². The van der Waals surface area contributed by atoms with E-state index in [0.29, 0.717) is 22.7 Å². The summed E-state index contributed by atoms with van der Waals surface area (Å²) in [5.74, 6) is -0.175. The zero-order valence-electron chi connectivity index (χ0n) is 14.4. The van der Waals surface area contributed by atoms with Crippen LogP contribution >= 0.6 is 0 Å². The van der Waals surface area contributed by atoms with Crippen LogP contribution in [-0.4, -0.2) is 34.5 Å². The average Bonchev–Trinajstić information content (AvgIpc) is 2.60. The Kier molecular flexibility index (Phi) is 5.83. The molecular weight excluding hydrogens is 360 g/mol. The van der Waals surface area contributed by atoms with Gasteiger partial charge in [-0.25, -0.2) is 13.1 Å². The Morgan fingerprint density at radius 1 is 0.923 bits per heavy atom. The van der Waals surface area contributed by atoms with Crippen molar-refractivity contribution in [1.82, 2.24) is 4.72 Å². The summed E-state index contributed by atoms with van der Waals surface area (Å²) >= 11 is 0. The topological polar surface area (TPSA) is 111 Å². The molecule has 0 unspecified atom stereocenters. The van der Waals surface area contributed by atoms with Crippen LogP contribution in [0.25, 0.3) is 0 Å². The van der Waals surface area contributed by atoms with E-state index in [1.54, 1.807) is 18.2 Å². The number of benzene rings is 2. The number of hydrogen-bond acceptors (Lipinski definition) is 6. The SMILES string of the molecule is COc1cc(OC)cc(C(=O)Nc2ccc(S(=O)(=O)NC(C)=O)cc2)c1. The van der Waals surface area contributed by atoms with E-state index in [1.807, 2.05) is 4.72 Å². The molecule has 0 fully saturated rings. The zero-order chi connectivity index (χ0) is 19.3. The van der Waals surface area contributed by atoms with Crippen molar-refractivity contribution in [1.29, 1.82) is 0 Å². The van der Waals surface area contributed by atoms with E-state index in [0.717, 1.165) is 6.92 Å². The minimum atomic E-state index is -3.92. The molecule has 2 N–H and O–H groups in total. The number of anilines is 1. The average molecular weight is 378 g/mol. The number of amides is 2. The van der Waals surface area contributed by atoms with Crippen molar-refractivity contribution in [2.75, 3.05) is 19.5 Å². The molecular formula is C17H18N2O6S. The summed E-state index contributed by atoms with van der Waals surface area (Å²) in [7, 11) is -0.966. The molecule has 0 saturated heterocycles. The largest absolute Gasteiger partial charge is 0.497 e. The zero-order valence-corrected chi connectivity index (χ0v) is 15.2. The maximum absolute atomic E-state index is 12.4. The van der Waals surface area contributed by atoms with Gasteiger partial charge < -0.3 is 14.8 Å². The standard InChI is InChI=1S/C17H18N2O6S/c1-11(20)19-26(22,23)16-6-4-13(5-7-16)18-17(21)12-8-14(24-2)10-15(9-12)25-3/h4-10H,1-3H3,(H,18,21)(H,19,20). The minimum Gasteiger partial charge on any atom is -0.497 e. The highest BCUT2D eigenvalue weighted by Crippen LogP contribution is 2.23. The number of rotatable bonds is 6. The number of nitrogens with one attached hydrogen (secondary N) is 2. The van der Waals surface area contributed by atoms with Crippen LogP contribution in [0.1, 0.15) is 17.3 Å². The van der Waals surface area contributed by atoms with Crippen LogP contribution in [-0.2, 0) is 14.8 Å². The molecule has 8 nitrogen and oxygen atoms in total. The van der Waals surface area contributed by atoms with Gasteiger partial charge in [0.1, 0.15) is 11.5 Å². The molecule has 26 heavy (non-hydrogen) atoms. The van der Waals surface area contributed by atoms with E-state index >= 15 is 0 Å². The first-order valence-corrected chi connectivity index (χ1v) is 8.91. The van der Waals surface area contributed by atoms with Crippen molar-refractivity contribution in [2.24, 2.45) is 0 Å². The van der Waals surface area contributed by atoms with Crippen molar-refractivity contribution < 1.29 is 27.5 Å². The Morgan fingerprint density at radius 2 is 1.46 bits per heavy atom. The molecule has 0 spiro atoms. The monoisotopic (exact) mass is 378 g/mol. The van der Waals surface area contributed by atoms with Crippen molar-refractivity contribution in [3.63, 3.8) is 0 Å². The van der Waals surface area contributed by atoms with E-state index in [9.17, 15) is 18.0 Å². The normalized spacial score (nSPS) is 10.7. The van der Waals surface area contributed by atoms with Crippen LogP contribution < -0.4 is 19.5 Å². The van der Waals surface area contributed by atoms with E-state index in [-0.39, 0.29) is 4.90 Å². The number of carbonyl (C=O) groups excluding carboxylic acids is 2. The lowest BCUT2D eigenvalue weighted by Crippen LogP contribution is -2.28. The predicted octanol–water partition coefficient (Wildman–Crippen LogP) is 1.78. The van der Waals surface area contributed by atoms with Gasteiger partial charge in [0.2, 0.25) is 5.91 Å². The van der Waals surface area contributed by atoms with Gasteiger partial charge in [-0.3, -0.25) is 9.59 Å². The van der Waals surface area contributed by atoms with Gasteiger partial charge >= 0.3 is 0 Å². The van der Waals surface area contributed by atoms with Gasteiger partial charge in [-0.05, 0) is 36.4 Å². The van der Waals surface area contributed by atoms with Crippen LogP contribution in [0.15, 0.2) is 47.4 Å². The smallest absolute Gasteiger partial charge is 0.264 e. The maximum Gasteiger partial charge on any atom is 0.264 e. The molecule has 9 heteroatoms. The quantitative estimate of drug-likeness (QED) is 0.793. The van der Waals surface area contributed by atoms with Crippen LogP contribution in [0, 0.1) is 0 Å². The maximum atomic E-state index is 12.4. The van der Waals surface area contributed by atoms with E-state index in [2.05, 4.69) is 5.32 Å². The fourth-order valence-electron chi connectivity index (χ4n) is 2.11. The molecule has 0 aliphatic carbocycles. The number of methoxy groups -OCH3 is 2. The molecule has 0 saturated carbocycles. The highest BCUT2D eigenvalue weighted by molar-refractivity contribution is 7.90. The summed E-state index contributed by atoms with van der Waals surface area (Å²) in [5, 5.41) is 2.65. The van der Waals surface area contributed by atoms with Gasteiger partial charge in [0.15, 0.2) is 0 Å². The second-order valence-electron chi connectivity index (χ2n) is 5.24. The number of hydrogen-bond donors (Lipinski definition) is 2. The fraction of sp³-hybridized carbons (Fsp3) is 0.176. The van der Waals surface area contributed by atoms with Gasteiger partial charge in [-0.2, -0.15) is 0 Å². The van der Waals surface area contributed by atoms with Crippen LogP contribution in [0.3, 0.4) is 0 Å². The fourth-order valence-corrected chi connectivity index (χ4v) is 3.10. The molecule has 138 valence electrons. The second kappa shape index (κ2) is 7.87. The number of carbonyl (C=O) groups is 2. The molecule has 2 aromatic carbocycles. The van der Waals surface area contributed by atoms with Gasteiger partial charge in [0.05, 0.1) is 19.1 Å². The van der Waals surface area contributed by atoms with E-state index < -0.39 is 21.8 Å². The lowest BCUT2D eigenvalue weighted by molar-refractivity contribution is -0.117. The molecule has 0 aliphatic rings. The first-order chi connectivity index (χ1) is 12.2. The van der Waals surface area contributed by atoms with Crippen molar-refractivity contribution in [2.45, 2.75) is 11.8 Å². The lowest BCUT2D eigenvalue weighted by Gasteiger charge is -2.10. The second-order valence-corrected chi connectivity index (χ2v) is 6.92.